The Bertz CT molecular complexity index is 1740. The number of hydrogen-bond acceptors (Lipinski definition) is 7. The minimum Gasteiger partial charge on any atom is -0.469 e. The topological polar surface area (TPSA) is 135 Å². The molecule has 2 aromatic carbocycles. The van der Waals surface area contributed by atoms with E-state index in [0.717, 1.165) is 5.56 Å². The number of rotatable bonds is 5. The quantitative estimate of drug-likeness (QED) is 0.269. The molecular formula is C32H31ClFN5O5. The molecule has 1 unspecified atom stereocenters. The number of benzene rings is 2. The summed E-state index contributed by atoms with van der Waals surface area (Å²) in [6, 6.07) is 12.8. The number of nitrogens with zero attached hydrogens (tertiary/aromatic N) is 3. The summed E-state index contributed by atoms with van der Waals surface area (Å²) in [5, 5.41) is 21.0. The van der Waals surface area contributed by atoms with Crippen molar-refractivity contribution in [2.45, 2.75) is 45.3 Å². The lowest BCUT2D eigenvalue weighted by Crippen LogP contribution is -2.34. The van der Waals surface area contributed by atoms with Crippen LogP contribution in [0.3, 0.4) is 0 Å². The first-order chi connectivity index (χ1) is 21.1. The van der Waals surface area contributed by atoms with Crippen molar-refractivity contribution in [1.29, 1.82) is 0 Å². The van der Waals surface area contributed by atoms with E-state index in [2.05, 4.69) is 20.7 Å². The zero-order valence-electron chi connectivity index (χ0n) is 24.3. The van der Waals surface area contributed by atoms with Crippen molar-refractivity contribution < 1.29 is 28.6 Å². The fraction of sp³-hybridized carbons (Fsp3) is 0.281. The average Bonchev–Trinajstić information content (AvgIpc) is 3.40. The zero-order chi connectivity index (χ0) is 31.5. The van der Waals surface area contributed by atoms with Gasteiger partial charge in [-0.15, -0.1) is 0 Å². The first-order valence-electron chi connectivity index (χ1n) is 14.0. The maximum Gasteiger partial charge on any atom is 0.309 e. The molecule has 2 amide bonds. The molecule has 0 saturated heterocycles. The van der Waals surface area contributed by atoms with Gasteiger partial charge in [0.2, 0.25) is 5.91 Å². The number of aliphatic hydroxyl groups excluding tert-OH is 1. The van der Waals surface area contributed by atoms with Crippen LogP contribution < -0.4 is 10.6 Å². The molecule has 1 aliphatic heterocycles. The van der Waals surface area contributed by atoms with Gasteiger partial charge < -0.3 is 20.5 Å². The summed E-state index contributed by atoms with van der Waals surface area (Å²) in [4.78, 5) is 43.2. The Hall–Kier alpha value is -4.61. The number of halogens is 2. The second-order valence-corrected chi connectivity index (χ2v) is 11.1. The van der Waals surface area contributed by atoms with Gasteiger partial charge >= 0.3 is 5.97 Å². The number of ether oxygens (including phenoxy) is 1. The summed E-state index contributed by atoms with van der Waals surface area (Å²) in [7, 11) is 1.31. The number of esters is 1. The summed E-state index contributed by atoms with van der Waals surface area (Å²) >= 11 is 5.95. The molecule has 3 heterocycles. The molecule has 2 aromatic heterocycles. The van der Waals surface area contributed by atoms with Gasteiger partial charge in [0.25, 0.3) is 5.91 Å². The van der Waals surface area contributed by atoms with Crippen LogP contribution in [0.1, 0.15) is 53.1 Å². The first kappa shape index (κ1) is 30.8. The number of carbonyl (C=O) groups excluding carboxylic acids is 3. The van der Waals surface area contributed by atoms with E-state index in [4.69, 9.17) is 16.3 Å². The second kappa shape index (κ2) is 12.9. The molecule has 3 N–H and O–H groups in total. The smallest absolute Gasteiger partial charge is 0.309 e. The number of aromatic nitrogens is 3. The molecule has 3 atom stereocenters. The zero-order valence-corrected chi connectivity index (χ0v) is 25.1. The molecule has 44 heavy (non-hydrogen) atoms. The first-order valence-corrected chi connectivity index (χ1v) is 14.4. The van der Waals surface area contributed by atoms with Gasteiger partial charge in [-0.3, -0.25) is 19.4 Å². The Labute approximate surface area is 258 Å². The third-order valence-electron chi connectivity index (χ3n) is 7.83. The number of aliphatic hydroxyl groups is 1. The molecule has 0 fully saturated rings. The number of pyridine rings is 1. The van der Waals surface area contributed by atoms with Crippen LogP contribution in [0.4, 0.5) is 10.1 Å². The van der Waals surface area contributed by atoms with Gasteiger partial charge in [-0.05, 0) is 61.2 Å². The highest BCUT2D eigenvalue weighted by molar-refractivity contribution is 6.30. The molecule has 0 radical (unpaired) electrons. The van der Waals surface area contributed by atoms with E-state index < -0.39 is 35.8 Å². The van der Waals surface area contributed by atoms with E-state index >= 15 is 0 Å². The van der Waals surface area contributed by atoms with Gasteiger partial charge in [-0.2, -0.15) is 5.10 Å². The SMILES string of the molecule is COC(=O)Cc1ccc2c(c1)NC(=O)[C@H](C)C(O)CC[C@H](NC(=O)c1cnn(-c3cccc(Cl)c3F)c1C)c1cc-2ccn1. The number of anilines is 1. The predicted octanol–water partition coefficient (Wildman–Crippen LogP) is 4.95. The van der Waals surface area contributed by atoms with Crippen LogP contribution >= 0.6 is 11.6 Å². The lowest BCUT2D eigenvalue weighted by molar-refractivity contribution is -0.139. The summed E-state index contributed by atoms with van der Waals surface area (Å²) in [6.45, 7) is 3.28. The number of fused-ring (bicyclic) bond motifs is 4. The molecule has 2 bridgehead atoms. The average molecular weight is 620 g/mol. The van der Waals surface area contributed by atoms with Crippen molar-refractivity contribution in [3.63, 3.8) is 0 Å². The summed E-state index contributed by atoms with van der Waals surface area (Å²) in [5.74, 6) is -2.70. The van der Waals surface area contributed by atoms with E-state index in [1.165, 1.54) is 30.1 Å². The van der Waals surface area contributed by atoms with Gasteiger partial charge in [0.05, 0.1) is 59.8 Å². The van der Waals surface area contributed by atoms with Crippen LogP contribution in [0.15, 0.2) is 60.9 Å². The predicted molar refractivity (Wildman–Crippen MR) is 162 cm³/mol. The Kier molecular flexibility index (Phi) is 9.07. The van der Waals surface area contributed by atoms with E-state index in [1.807, 2.05) is 6.07 Å². The highest BCUT2D eigenvalue weighted by Gasteiger charge is 2.28. The largest absolute Gasteiger partial charge is 0.469 e. The number of amides is 2. The Morgan fingerprint density at radius 1 is 1.20 bits per heavy atom. The molecule has 228 valence electrons. The summed E-state index contributed by atoms with van der Waals surface area (Å²) in [6.07, 6.45) is 2.43. The van der Waals surface area contributed by atoms with Crippen molar-refractivity contribution in [2.75, 3.05) is 12.4 Å². The van der Waals surface area contributed by atoms with Gasteiger partial charge in [0.1, 0.15) is 5.69 Å². The number of carbonyl (C=O) groups is 3. The fourth-order valence-electron chi connectivity index (χ4n) is 5.17. The second-order valence-electron chi connectivity index (χ2n) is 10.7. The van der Waals surface area contributed by atoms with Crippen LogP contribution in [-0.4, -0.2) is 50.9 Å². The van der Waals surface area contributed by atoms with Crippen LogP contribution in [0.2, 0.25) is 5.02 Å². The number of nitrogens with one attached hydrogen (secondary N) is 2. The number of hydrogen-bond donors (Lipinski definition) is 3. The molecule has 12 heteroatoms. The molecule has 4 aromatic rings. The Morgan fingerprint density at radius 2 is 2.00 bits per heavy atom. The molecular weight excluding hydrogens is 589 g/mol. The maximum atomic E-state index is 14.7. The van der Waals surface area contributed by atoms with E-state index in [9.17, 15) is 23.9 Å². The van der Waals surface area contributed by atoms with Crippen LogP contribution in [0.5, 0.6) is 0 Å². The van der Waals surface area contributed by atoms with Crippen molar-refractivity contribution in [2.24, 2.45) is 5.92 Å². The molecule has 10 nitrogen and oxygen atoms in total. The summed E-state index contributed by atoms with van der Waals surface area (Å²) in [5.41, 5.74) is 3.78. The minimum atomic E-state index is -1.02. The molecule has 1 aliphatic rings. The van der Waals surface area contributed by atoms with Gasteiger partial charge in [0.15, 0.2) is 5.82 Å². The lowest BCUT2D eigenvalue weighted by Gasteiger charge is -2.25. The van der Waals surface area contributed by atoms with Gasteiger partial charge in [-0.25, -0.2) is 9.07 Å². The molecule has 0 aliphatic carbocycles. The van der Waals surface area contributed by atoms with Crippen molar-refractivity contribution in [3.05, 3.63) is 94.3 Å². The highest BCUT2D eigenvalue weighted by Crippen LogP contribution is 2.33. The van der Waals surface area contributed by atoms with Crippen LogP contribution in [-0.2, 0) is 20.7 Å². The third kappa shape index (κ3) is 6.34. The van der Waals surface area contributed by atoms with Crippen molar-refractivity contribution in [1.82, 2.24) is 20.1 Å². The Morgan fingerprint density at radius 3 is 2.77 bits per heavy atom. The standard InChI is InChI=1S/C32H31ClFN5O5/c1-17-28(40)10-9-24(37-32(43)22-16-36-39(18(22)2)27-6-4-5-23(33)30(27)34)26-15-20(11-12-35-26)21-8-7-19(14-29(41)44-3)13-25(21)38-31(17)42/h4-8,11-13,15-17,24,28,40H,9-10,14H2,1-3H3,(H,37,43)(H,38,42)/t17-,24+,28?/m1/s1. The van der Waals surface area contributed by atoms with E-state index in [0.29, 0.717) is 28.2 Å². The van der Waals surface area contributed by atoms with Crippen molar-refractivity contribution in [3.8, 4) is 16.8 Å². The lowest BCUT2D eigenvalue weighted by atomic mass is 9.93. The van der Waals surface area contributed by atoms with Crippen LogP contribution in [0.25, 0.3) is 16.8 Å². The molecule has 0 saturated carbocycles. The molecule has 0 spiro atoms. The van der Waals surface area contributed by atoms with E-state index in [1.54, 1.807) is 50.4 Å². The summed E-state index contributed by atoms with van der Waals surface area (Å²) < 4.78 is 20.8. The van der Waals surface area contributed by atoms with Gasteiger partial charge in [0, 0.05) is 17.4 Å². The minimum absolute atomic E-state index is 0.0213. The number of methoxy groups -OCH3 is 1. The van der Waals surface area contributed by atoms with E-state index in [-0.39, 0.29) is 41.4 Å². The Balaban J connectivity index is 1.50. The van der Waals surface area contributed by atoms with Gasteiger partial charge in [-0.1, -0.05) is 36.7 Å². The highest BCUT2D eigenvalue weighted by atomic mass is 35.5. The fourth-order valence-corrected chi connectivity index (χ4v) is 5.34. The maximum absolute atomic E-state index is 14.7. The third-order valence-corrected chi connectivity index (χ3v) is 8.12. The van der Waals surface area contributed by atoms with Crippen LogP contribution in [0, 0.1) is 18.7 Å². The normalized spacial score (nSPS) is 18.3. The van der Waals surface area contributed by atoms with Crippen molar-refractivity contribution >= 4 is 35.1 Å². The molecule has 5 rings (SSSR count). The monoisotopic (exact) mass is 619 g/mol.